The average molecular weight is 472 g/mol. The van der Waals surface area contributed by atoms with Crippen molar-refractivity contribution < 1.29 is 28.3 Å². The zero-order chi connectivity index (χ0) is 21.9. The second-order valence-corrected chi connectivity index (χ2v) is 8.60. The zero-order valence-corrected chi connectivity index (χ0v) is 17.9. The molecule has 3 heterocycles. The van der Waals surface area contributed by atoms with Crippen LogP contribution in [0, 0.1) is 17.7 Å². The molecule has 2 saturated heterocycles. The van der Waals surface area contributed by atoms with E-state index in [4.69, 9.17) is 15.3 Å². The van der Waals surface area contributed by atoms with Gasteiger partial charge in [0.05, 0.1) is 22.8 Å². The molecule has 0 amide bonds. The van der Waals surface area contributed by atoms with Gasteiger partial charge in [-0.15, -0.1) is 12.4 Å². The summed E-state index contributed by atoms with van der Waals surface area (Å²) in [6.07, 6.45) is 1.46. The van der Waals surface area contributed by atoms with Crippen molar-refractivity contribution >= 4 is 35.0 Å². The van der Waals surface area contributed by atoms with Crippen LogP contribution in [0.15, 0.2) is 23.1 Å². The molecule has 3 unspecified atom stereocenters. The summed E-state index contributed by atoms with van der Waals surface area (Å²) in [6.45, 7) is 1.85. The number of nitrogens with zero attached hydrogens (tertiary/aromatic N) is 2. The Morgan fingerprint density at radius 2 is 2.12 bits per heavy atom. The fourth-order valence-corrected chi connectivity index (χ4v) is 4.69. The minimum atomic E-state index is -1.65. The molecule has 2 aliphatic heterocycles. The lowest BCUT2D eigenvalue weighted by Gasteiger charge is -2.27. The molecule has 3 N–H and O–H groups in total. The van der Waals surface area contributed by atoms with Crippen LogP contribution in [0.5, 0.6) is 0 Å². The number of hydrogen-bond donors (Lipinski definition) is 2. The third-order valence-electron chi connectivity index (χ3n) is 6.66. The van der Waals surface area contributed by atoms with Gasteiger partial charge in [-0.3, -0.25) is 4.79 Å². The summed E-state index contributed by atoms with van der Waals surface area (Å²) < 4.78 is 36.3. The first kappa shape index (κ1) is 22.8. The van der Waals surface area contributed by atoms with Crippen molar-refractivity contribution in [2.45, 2.75) is 31.2 Å². The highest BCUT2D eigenvalue weighted by molar-refractivity contribution is 5.93. The predicted molar refractivity (Wildman–Crippen MR) is 115 cm³/mol. The Bertz CT molecular complexity index is 1120. The molecule has 3 aliphatic rings. The zero-order valence-electron chi connectivity index (χ0n) is 17.1. The average Bonchev–Trinajstić information content (AvgIpc) is 3.42. The van der Waals surface area contributed by atoms with Crippen molar-refractivity contribution in [1.29, 1.82) is 0 Å². The topological polar surface area (TPSA) is 107 Å². The molecule has 0 radical (unpaired) electrons. The number of nitrogens with two attached hydrogens (primary N) is 1. The van der Waals surface area contributed by atoms with Gasteiger partial charge in [0.15, 0.2) is 0 Å². The van der Waals surface area contributed by atoms with E-state index in [0.29, 0.717) is 39.1 Å². The number of hydrogen-bond acceptors (Lipinski definition) is 6. The van der Waals surface area contributed by atoms with Crippen LogP contribution in [0.2, 0.25) is 0 Å². The van der Waals surface area contributed by atoms with E-state index in [1.807, 2.05) is 0 Å². The largest absolute Gasteiger partial charge is 0.477 e. The van der Waals surface area contributed by atoms with Gasteiger partial charge in [-0.1, -0.05) is 0 Å². The molecule has 8 nitrogen and oxygen atoms in total. The van der Waals surface area contributed by atoms with E-state index < -0.39 is 34.7 Å². The van der Waals surface area contributed by atoms with Crippen LogP contribution in [0.25, 0.3) is 10.9 Å². The summed E-state index contributed by atoms with van der Waals surface area (Å²) in [5.41, 5.74) is 4.25. The lowest BCUT2D eigenvalue weighted by Crippen LogP contribution is -2.44. The van der Waals surface area contributed by atoms with E-state index in [0.717, 1.165) is 23.4 Å². The first-order chi connectivity index (χ1) is 14.8. The molecule has 0 bridgehead atoms. The first-order valence-corrected chi connectivity index (χ1v) is 10.4. The van der Waals surface area contributed by atoms with Crippen molar-refractivity contribution in [3.8, 4) is 0 Å². The molecule has 3 fully saturated rings. The SMILES string of the molecule is Cl.NCC12CN(c3cc4c(cc3F)c(=O)c(C(=O)O)cn4OC(F)C3CC3)CC1CCO2. The Morgan fingerprint density at radius 1 is 1.38 bits per heavy atom. The first-order valence-electron chi connectivity index (χ1n) is 10.4. The van der Waals surface area contributed by atoms with Gasteiger partial charge in [-0.05, 0) is 31.4 Å². The Balaban J connectivity index is 0.00000245. The molecule has 1 saturated carbocycles. The fraction of sp³-hybridized carbons (Fsp3) is 0.524. The summed E-state index contributed by atoms with van der Waals surface area (Å²) >= 11 is 0. The summed E-state index contributed by atoms with van der Waals surface area (Å²) in [7, 11) is 0. The molecule has 1 aromatic heterocycles. The van der Waals surface area contributed by atoms with E-state index >= 15 is 4.39 Å². The normalized spacial score (nSPS) is 25.5. The molecule has 11 heteroatoms. The number of halogens is 3. The van der Waals surface area contributed by atoms with E-state index in [2.05, 4.69) is 0 Å². The molecular weight excluding hydrogens is 448 g/mol. The number of pyridine rings is 1. The number of carboxylic acids is 1. The molecule has 5 rings (SSSR count). The van der Waals surface area contributed by atoms with Gasteiger partial charge in [-0.2, -0.15) is 9.12 Å². The number of rotatable bonds is 6. The third kappa shape index (κ3) is 3.60. The van der Waals surface area contributed by atoms with E-state index in [-0.39, 0.29) is 40.8 Å². The summed E-state index contributed by atoms with van der Waals surface area (Å²) in [5, 5.41) is 9.17. The Hall–Kier alpha value is -2.43. The van der Waals surface area contributed by atoms with Crippen molar-refractivity contribution in [3.05, 3.63) is 39.9 Å². The number of benzene rings is 1. The highest BCUT2D eigenvalue weighted by atomic mass is 35.5. The summed E-state index contributed by atoms with van der Waals surface area (Å²) in [4.78, 5) is 31.3. The molecule has 2 aromatic rings. The van der Waals surface area contributed by atoms with E-state index in [1.165, 1.54) is 6.07 Å². The number of alkyl halides is 1. The molecule has 32 heavy (non-hydrogen) atoms. The van der Waals surface area contributed by atoms with Gasteiger partial charge in [-0.25, -0.2) is 9.18 Å². The van der Waals surface area contributed by atoms with Crippen LogP contribution < -0.4 is 20.9 Å². The number of aromatic carboxylic acids is 1. The number of carbonyl (C=O) groups is 1. The Kier molecular flexibility index (Phi) is 5.81. The fourth-order valence-electron chi connectivity index (χ4n) is 4.69. The number of ether oxygens (including phenoxy) is 1. The molecule has 174 valence electrons. The van der Waals surface area contributed by atoms with Crippen LogP contribution in [-0.2, 0) is 4.74 Å². The van der Waals surface area contributed by atoms with Gasteiger partial charge >= 0.3 is 5.97 Å². The van der Waals surface area contributed by atoms with Crippen LogP contribution in [0.1, 0.15) is 29.6 Å². The van der Waals surface area contributed by atoms with Crippen LogP contribution in [0.3, 0.4) is 0 Å². The van der Waals surface area contributed by atoms with Gasteiger partial charge in [0.25, 0.3) is 6.36 Å². The monoisotopic (exact) mass is 471 g/mol. The molecule has 3 atom stereocenters. The van der Waals surface area contributed by atoms with Crippen LogP contribution in [-0.4, -0.2) is 54.0 Å². The minimum Gasteiger partial charge on any atom is -0.477 e. The summed E-state index contributed by atoms with van der Waals surface area (Å²) in [5.74, 6) is -2.29. The smallest absolute Gasteiger partial charge is 0.341 e. The van der Waals surface area contributed by atoms with Gasteiger partial charge < -0.3 is 25.3 Å². The maximum absolute atomic E-state index is 15.1. The van der Waals surface area contributed by atoms with Crippen molar-refractivity contribution in [2.75, 3.05) is 31.1 Å². The molecular formula is C21H24ClF2N3O5. The minimum absolute atomic E-state index is 0. The van der Waals surface area contributed by atoms with Crippen LogP contribution in [0.4, 0.5) is 14.5 Å². The second kappa shape index (κ2) is 8.17. The van der Waals surface area contributed by atoms with Crippen LogP contribution >= 0.6 is 12.4 Å². The summed E-state index contributed by atoms with van der Waals surface area (Å²) in [6, 6.07) is 2.40. The molecule has 1 aliphatic carbocycles. The number of carboxylic acid groups (broad SMARTS) is 1. The van der Waals surface area contributed by atoms with Crippen molar-refractivity contribution in [2.24, 2.45) is 17.6 Å². The van der Waals surface area contributed by atoms with E-state index in [9.17, 15) is 19.1 Å². The molecule has 1 aromatic carbocycles. The second-order valence-electron chi connectivity index (χ2n) is 8.60. The van der Waals surface area contributed by atoms with Gasteiger partial charge in [0.1, 0.15) is 17.0 Å². The molecule has 0 spiro atoms. The van der Waals surface area contributed by atoms with Gasteiger partial charge in [0.2, 0.25) is 5.43 Å². The van der Waals surface area contributed by atoms with Crippen molar-refractivity contribution in [1.82, 2.24) is 4.73 Å². The van der Waals surface area contributed by atoms with Crippen molar-refractivity contribution in [3.63, 3.8) is 0 Å². The lowest BCUT2D eigenvalue weighted by atomic mass is 9.91. The maximum Gasteiger partial charge on any atom is 0.341 e. The third-order valence-corrected chi connectivity index (χ3v) is 6.66. The lowest BCUT2D eigenvalue weighted by molar-refractivity contribution is -0.0564. The van der Waals surface area contributed by atoms with Gasteiger partial charge in [0, 0.05) is 38.1 Å². The number of fused-ring (bicyclic) bond motifs is 2. The number of aromatic nitrogens is 1. The predicted octanol–water partition coefficient (Wildman–Crippen LogP) is 1.95. The Morgan fingerprint density at radius 3 is 2.75 bits per heavy atom. The Labute approximate surface area is 188 Å². The van der Waals surface area contributed by atoms with E-state index in [1.54, 1.807) is 4.90 Å². The quantitative estimate of drug-likeness (QED) is 0.663. The maximum atomic E-state index is 15.1. The number of anilines is 1. The highest BCUT2D eigenvalue weighted by Gasteiger charge is 2.50. The standard InChI is InChI=1S/C21H23F2N3O5.ClH/c22-15-5-13-16(6-17(15)25-7-12-3-4-30-21(12,9-24)10-25)26(31-19(23)11-1-2-11)8-14(18(13)27)20(28)29;/h5-6,8,11-12,19H,1-4,7,9-10,24H2,(H,28,29);1H. The highest BCUT2D eigenvalue weighted by Crippen LogP contribution is 2.41.